The highest BCUT2D eigenvalue weighted by molar-refractivity contribution is 6.31. The van der Waals surface area contributed by atoms with E-state index in [2.05, 4.69) is 20.1 Å². The summed E-state index contributed by atoms with van der Waals surface area (Å²) in [7, 11) is 0. The Balaban J connectivity index is 1.56. The smallest absolute Gasteiger partial charge is 0.160 e. The third-order valence-corrected chi connectivity index (χ3v) is 5.62. The second-order valence-corrected chi connectivity index (χ2v) is 7.63. The molecule has 5 rings (SSSR count). The molecule has 0 aliphatic heterocycles. The van der Waals surface area contributed by atoms with E-state index in [1.54, 1.807) is 47.0 Å². The van der Waals surface area contributed by atoms with Crippen molar-refractivity contribution in [2.75, 3.05) is 0 Å². The lowest BCUT2D eigenvalue weighted by Gasteiger charge is -2.10. The van der Waals surface area contributed by atoms with Gasteiger partial charge in [-0.3, -0.25) is 4.98 Å². The van der Waals surface area contributed by atoms with Crippen molar-refractivity contribution in [2.45, 2.75) is 13.1 Å². The van der Waals surface area contributed by atoms with Crippen LogP contribution in [0.3, 0.4) is 0 Å². The number of hydrogen-bond donors (Lipinski definition) is 0. The fourth-order valence-electron chi connectivity index (χ4n) is 3.63. The second kappa shape index (κ2) is 8.05. The SMILES string of the molecule is O=NCc1ccc(-c2ccc3ncn(Cc4c(F)cc5ncccc5c4F)c3n2)cc1Cl. The van der Waals surface area contributed by atoms with E-state index in [1.807, 2.05) is 0 Å². The summed E-state index contributed by atoms with van der Waals surface area (Å²) >= 11 is 6.24. The van der Waals surface area contributed by atoms with E-state index in [9.17, 15) is 9.30 Å². The van der Waals surface area contributed by atoms with Crippen molar-refractivity contribution in [3.8, 4) is 11.3 Å². The van der Waals surface area contributed by atoms with Crippen LogP contribution in [-0.2, 0) is 13.1 Å². The number of rotatable bonds is 5. The van der Waals surface area contributed by atoms with Gasteiger partial charge in [-0.05, 0) is 35.9 Å². The summed E-state index contributed by atoms with van der Waals surface area (Å²) in [4.78, 5) is 23.5. The number of benzene rings is 2. The molecule has 0 unspecified atom stereocenters. The van der Waals surface area contributed by atoms with Crippen molar-refractivity contribution < 1.29 is 8.78 Å². The van der Waals surface area contributed by atoms with Crippen LogP contribution in [0.4, 0.5) is 8.78 Å². The first kappa shape index (κ1) is 20.1. The number of fused-ring (bicyclic) bond motifs is 2. The van der Waals surface area contributed by atoms with Gasteiger partial charge in [-0.1, -0.05) is 28.9 Å². The molecule has 158 valence electrons. The largest absolute Gasteiger partial charge is 0.311 e. The third kappa shape index (κ3) is 3.48. The van der Waals surface area contributed by atoms with Crippen molar-refractivity contribution >= 4 is 33.7 Å². The summed E-state index contributed by atoms with van der Waals surface area (Å²) in [5, 5.41) is 3.52. The zero-order valence-corrected chi connectivity index (χ0v) is 17.2. The molecule has 0 N–H and O–H groups in total. The standard InChI is InChI=1S/C23H14ClF2N5O/c24-17-8-13(3-4-14(17)10-29-32)19-5-6-20-23(30-19)31(12-28-20)11-16-18(25)9-21-15(22(16)26)2-1-7-27-21/h1-9,12H,10-11H2. The van der Waals surface area contributed by atoms with Crippen LogP contribution in [-0.4, -0.2) is 19.5 Å². The predicted octanol–water partition coefficient (Wildman–Crippen LogP) is 5.89. The van der Waals surface area contributed by atoms with E-state index in [4.69, 9.17) is 11.6 Å². The van der Waals surface area contributed by atoms with Crippen LogP contribution in [0.15, 0.2) is 66.2 Å². The summed E-state index contributed by atoms with van der Waals surface area (Å²) in [5.41, 5.74) is 3.18. The first-order valence-corrected chi connectivity index (χ1v) is 10.0. The number of halogens is 3. The third-order valence-electron chi connectivity index (χ3n) is 5.27. The van der Waals surface area contributed by atoms with Crippen LogP contribution < -0.4 is 0 Å². The number of nitrogens with zero attached hydrogens (tertiary/aromatic N) is 5. The van der Waals surface area contributed by atoms with E-state index in [0.29, 0.717) is 27.4 Å². The molecule has 0 fully saturated rings. The molecule has 0 aliphatic carbocycles. The van der Waals surface area contributed by atoms with Gasteiger partial charge < -0.3 is 4.57 Å². The topological polar surface area (TPSA) is 73.0 Å². The molecule has 6 nitrogen and oxygen atoms in total. The van der Waals surface area contributed by atoms with Crippen molar-refractivity contribution in [2.24, 2.45) is 5.18 Å². The van der Waals surface area contributed by atoms with Gasteiger partial charge in [0.05, 0.1) is 24.1 Å². The van der Waals surface area contributed by atoms with E-state index < -0.39 is 11.6 Å². The summed E-state index contributed by atoms with van der Waals surface area (Å²) in [6, 6.07) is 13.2. The summed E-state index contributed by atoms with van der Waals surface area (Å²) in [6.07, 6.45) is 2.99. The Bertz CT molecular complexity index is 1500. The molecule has 0 saturated carbocycles. The molecule has 9 heteroatoms. The van der Waals surface area contributed by atoms with E-state index in [-0.39, 0.29) is 29.6 Å². The highest BCUT2D eigenvalue weighted by Gasteiger charge is 2.17. The average Bonchev–Trinajstić information content (AvgIpc) is 3.20. The lowest BCUT2D eigenvalue weighted by molar-refractivity contribution is 0.554. The number of aromatic nitrogens is 4. The van der Waals surface area contributed by atoms with Gasteiger partial charge in [0, 0.05) is 33.8 Å². The van der Waals surface area contributed by atoms with Gasteiger partial charge in [0.25, 0.3) is 0 Å². The van der Waals surface area contributed by atoms with Crippen LogP contribution in [0.2, 0.25) is 5.02 Å². The highest BCUT2D eigenvalue weighted by Crippen LogP contribution is 2.28. The summed E-state index contributed by atoms with van der Waals surface area (Å²) < 4.78 is 31.3. The molecule has 3 aromatic heterocycles. The predicted molar refractivity (Wildman–Crippen MR) is 118 cm³/mol. The van der Waals surface area contributed by atoms with Gasteiger partial charge in [0.2, 0.25) is 0 Å². The van der Waals surface area contributed by atoms with E-state index in [0.717, 1.165) is 5.56 Å². The summed E-state index contributed by atoms with van der Waals surface area (Å²) in [6.45, 7) is -0.100. The minimum absolute atomic E-state index is 0.0171. The van der Waals surface area contributed by atoms with Crippen LogP contribution >= 0.6 is 11.6 Å². The Labute approximate surface area is 185 Å². The van der Waals surface area contributed by atoms with Gasteiger partial charge in [0.15, 0.2) is 5.65 Å². The zero-order chi connectivity index (χ0) is 22.2. The molecular formula is C23H14ClF2N5O. The van der Waals surface area contributed by atoms with Crippen LogP contribution in [0.5, 0.6) is 0 Å². The Kier molecular flexibility index (Phi) is 5.07. The normalized spacial score (nSPS) is 11.3. The van der Waals surface area contributed by atoms with Crippen LogP contribution in [0.25, 0.3) is 33.3 Å². The van der Waals surface area contributed by atoms with E-state index in [1.165, 1.54) is 18.6 Å². The molecule has 0 bridgehead atoms. The molecular weight excluding hydrogens is 436 g/mol. The maximum absolute atomic E-state index is 15.0. The molecule has 0 radical (unpaired) electrons. The quantitative estimate of drug-likeness (QED) is 0.313. The monoisotopic (exact) mass is 449 g/mol. The first-order valence-electron chi connectivity index (χ1n) is 9.66. The minimum atomic E-state index is -0.683. The van der Waals surface area contributed by atoms with Gasteiger partial charge in [-0.2, -0.15) is 4.91 Å². The molecule has 3 heterocycles. The van der Waals surface area contributed by atoms with Crippen molar-refractivity contribution in [3.05, 3.63) is 93.7 Å². The Hall–Kier alpha value is -3.78. The number of hydrogen-bond acceptors (Lipinski definition) is 5. The maximum atomic E-state index is 15.0. The molecule has 0 aliphatic rings. The second-order valence-electron chi connectivity index (χ2n) is 7.23. The lowest BCUT2D eigenvalue weighted by Crippen LogP contribution is -2.06. The van der Waals surface area contributed by atoms with Gasteiger partial charge in [0.1, 0.15) is 23.7 Å². The fourth-order valence-corrected chi connectivity index (χ4v) is 3.87. The average molecular weight is 450 g/mol. The molecule has 2 aromatic carbocycles. The van der Waals surface area contributed by atoms with Gasteiger partial charge >= 0.3 is 0 Å². The molecule has 0 spiro atoms. The summed E-state index contributed by atoms with van der Waals surface area (Å²) in [5.74, 6) is -1.34. The maximum Gasteiger partial charge on any atom is 0.160 e. The lowest BCUT2D eigenvalue weighted by atomic mass is 10.1. The Morgan fingerprint density at radius 2 is 1.91 bits per heavy atom. The molecule has 0 amide bonds. The molecule has 5 aromatic rings. The van der Waals surface area contributed by atoms with Crippen molar-refractivity contribution in [3.63, 3.8) is 0 Å². The Morgan fingerprint density at radius 1 is 1.03 bits per heavy atom. The fraction of sp³-hybridized carbons (Fsp3) is 0.0870. The number of imidazole rings is 1. The van der Waals surface area contributed by atoms with E-state index >= 15 is 4.39 Å². The zero-order valence-electron chi connectivity index (χ0n) is 16.5. The number of nitroso groups, excluding NO2 is 1. The minimum Gasteiger partial charge on any atom is -0.311 e. The molecule has 0 atom stereocenters. The highest BCUT2D eigenvalue weighted by atomic mass is 35.5. The molecule has 32 heavy (non-hydrogen) atoms. The van der Waals surface area contributed by atoms with Crippen molar-refractivity contribution in [1.82, 2.24) is 19.5 Å². The molecule has 0 saturated heterocycles. The van der Waals surface area contributed by atoms with Crippen LogP contribution in [0.1, 0.15) is 11.1 Å². The Morgan fingerprint density at radius 3 is 2.72 bits per heavy atom. The number of pyridine rings is 2. The first-order chi connectivity index (χ1) is 15.5. The van der Waals surface area contributed by atoms with Crippen LogP contribution in [0, 0.1) is 16.5 Å². The van der Waals surface area contributed by atoms with Crippen molar-refractivity contribution in [1.29, 1.82) is 0 Å². The van der Waals surface area contributed by atoms with Gasteiger partial charge in [-0.25, -0.2) is 18.7 Å². The van der Waals surface area contributed by atoms with Gasteiger partial charge in [-0.15, -0.1) is 0 Å².